The lowest BCUT2D eigenvalue weighted by Gasteiger charge is -2.24. The number of carbonyl (C=O) groups is 1. The summed E-state index contributed by atoms with van der Waals surface area (Å²) in [5, 5.41) is 6.40. The van der Waals surface area contributed by atoms with E-state index in [2.05, 4.69) is 27.7 Å². The van der Waals surface area contributed by atoms with Gasteiger partial charge in [0.05, 0.1) is 12.1 Å². The fourth-order valence-corrected chi connectivity index (χ4v) is 2.47. The summed E-state index contributed by atoms with van der Waals surface area (Å²) in [7, 11) is 4.05. The molecule has 0 bridgehead atoms. The molecule has 1 heterocycles. The Morgan fingerprint density at radius 1 is 1.42 bits per heavy atom. The van der Waals surface area contributed by atoms with Gasteiger partial charge < -0.3 is 15.5 Å². The zero-order valence-electron chi connectivity index (χ0n) is 11.7. The van der Waals surface area contributed by atoms with Crippen molar-refractivity contribution in [1.29, 1.82) is 0 Å². The summed E-state index contributed by atoms with van der Waals surface area (Å²) >= 11 is 0. The molecule has 1 aliphatic rings. The highest BCUT2D eigenvalue weighted by Gasteiger charge is 2.24. The molecule has 0 saturated carbocycles. The molecular formula is C15H23N3O. The fraction of sp³-hybridized carbons (Fsp3) is 0.533. The van der Waals surface area contributed by atoms with E-state index in [0.717, 1.165) is 31.5 Å². The second-order valence-corrected chi connectivity index (χ2v) is 5.38. The predicted octanol–water partition coefficient (Wildman–Crippen LogP) is 1.16. The number of hydrogen-bond acceptors (Lipinski definition) is 3. The van der Waals surface area contributed by atoms with Crippen LogP contribution in [0, 0.1) is 0 Å². The van der Waals surface area contributed by atoms with Crippen molar-refractivity contribution >= 4 is 5.91 Å². The number of rotatable bonds is 5. The van der Waals surface area contributed by atoms with E-state index in [0.29, 0.717) is 0 Å². The third-order valence-corrected chi connectivity index (χ3v) is 3.44. The lowest BCUT2D eigenvalue weighted by molar-refractivity contribution is -0.123. The molecule has 4 heteroatoms. The summed E-state index contributed by atoms with van der Waals surface area (Å²) in [6.45, 7) is 1.75. The lowest BCUT2D eigenvalue weighted by Crippen LogP contribution is -2.44. The smallest absolute Gasteiger partial charge is 0.237 e. The molecule has 1 aromatic carbocycles. The minimum absolute atomic E-state index is 0.0200. The van der Waals surface area contributed by atoms with Crippen molar-refractivity contribution in [3.63, 3.8) is 0 Å². The van der Waals surface area contributed by atoms with Crippen LogP contribution in [0.25, 0.3) is 0 Å². The second kappa shape index (κ2) is 6.68. The molecule has 0 aromatic heterocycles. The number of likely N-dealkylation sites (N-methyl/N-ethyl adjacent to an activating group) is 1. The minimum Gasteiger partial charge on any atom is -0.347 e. The molecule has 4 nitrogen and oxygen atoms in total. The van der Waals surface area contributed by atoms with Gasteiger partial charge in [0.2, 0.25) is 5.91 Å². The first-order valence-corrected chi connectivity index (χ1v) is 6.90. The number of hydrogen-bond donors (Lipinski definition) is 2. The van der Waals surface area contributed by atoms with Crippen LogP contribution in [0.5, 0.6) is 0 Å². The van der Waals surface area contributed by atoms with E-state index in [4.69, 9.17) is 0 Å². The Morgan fingerprint density at radius 3 is 2.74 bits per heavy atom. The van der Waals surface area contributed by atoms with E-state index in [9.17, 15) is 4.79 Å². The maximum atomic E-state index is 12.2. The number of amides is 1. The average Bonchev–Trinajstić information content (AvgIpc) is 2.92. The van der Waals surface area contributed by atoms with Crippen molar-refractivity contribution < 1.29 is 4.79 Å². The highest BCUT2D eigenvalue weighted by atomic mass is 16.2. The first-order chi connectivity index (χ1) is 9.16. The third kappa shape index (κ3) is 4.04. The molecule has 1 fully saturated rings. The van der Waals surface area contributed by atoms with E-state index in [1.54, 1.807) is 0 Å². The van der Waals surface area contributed by atoms with Gasteiger partial charge in [0, 0.05) is 6.54 Å². The van der Waals surface area contributed by atoms with Gasteiger partial charge in [0.25, 0.3) is 0 Å². The summed E-state index contributed by atoms with van der Waals surface area (Å²) in [6.07, 6.45) is 2.02. The summed E-state index contributed by atoms with van der Waals surface area (Å²) in [5.41, 5.74) is 1.16. The number of nitrogens with one attached hydrogen (secondary N) is 2. The maximum absolute atomic E-state index is 12.2. The summed E-state index contributed by atoms with van der Waals surface area (Å²) in [5.74, 6) is 0.119. The van der Waals surface area contributed by atoms with Crippen LogP contribution in [0.1, 0.15) is 24.4 Å². The predicted molar refractivity (Wildman–Crippen MR) is 76.9 cm³/mol. The van der Waals surface area contributed by atoms with Crippen LogP contribution in [0.2, 0.25) is 0 Å². The Morgan fingerprint density at radius 2 is 2.16 bits per heavy atom. The van der Waals surface area contributed by atoms with E-state index in [1.165, 1.54) is 0 Å². The molecule has 0 aliphatic carbocycles. The van der Waals surface area contributed by atoms with Gasteiger partial charge in [-0.25, -0.2) is 0 Å². The zero-order chi connectivity index (χ0) is 13.7. The SMILES string of the molecule is CN(C)CC(NC(=O)[C@@H]1CCCN1)c1ccccc1. The molecule has 0 spiro atoms. The highest BCUT2D eigenvalue weighted by molar-refractivity contribution is 5.82. The molecule has 1 aliphatic heterocycles. The monoisotopic (exact) mass is 261 g/mol. The van der Waals surface area contributed by atoms with E-state index < -0.39 is 0 Å². The third-order valence-electron chi connectivity index (χ3n) is 3.44. The molecule has 1 unspecified atom stereocenters. The maximum Gasteiger partial charge on any atom is 0.237 e. The quantitative estimate of drug-likeness (QED) is 0.836. The van der Waals surface area contributed by atoms with E-state index in [1.807, 2.05) is 32.3 Å². The molecule has 2 N–H and O–H groups in total. The van der Waals surface area contributed by atoms with E-state index in [-0.39, 0.29) is 18.0 Å². The van der Waals surface area contributed by atoms with Crippen molar-refractivity contribution in [2.45, 2.75) is 24.9 Å². The fourth-order valence-electron chi connectivity index (χ4n) is 2.47. The van der Waals surface area contributed by atoms with Gasteiger partial charge in [-0.05, 0) is 39.0 Å². The van der Waals surface area contributed by atoms with Crippen LogP contribution in [0.4, 0.5) is 0 Å². The summed E-state index contributed by atoms with van der Waals surface area (Å²) < 4.78 is 0. The molecule has 0 radical (unpaired) electrons. The van der Waals surface area contributed by atoms with Crippen molar-refractivity contribution in [2.75, 3.05) is 27.2 Å². The Labute approximate surface area is 115 Å². The van der Waals surface area contributed by atoms with Gasteiger partial charge >= 0.3 is 0 Å². The van der Waals surface area contributed by atoms with Gasteiger partial charge in [-0.15, -0.1) is 0 Å². The standard InChI is InChI=1S/C15H23N3O/c1-18(2)11-14(12-7-4-3-5-8-12)17-15(19)13-9-6-10-16-13/h3-5,7-8,13-14,16H,6,9-11H2,1-2H3,(H,17,19)/t13-,14?/m0/s1. The number of benzene rings is 1. The first kappa shape index (κ1) is 14.0. The van der Waals surface area contributed by atoms with Crippen LogP contribution in [-0.4, -0.2) is 44.0 Å². The summed E-state index contributed by atoms with van der Waals surface area (Å²) in [6, 6.07) is 10.2. The molecule has 104 valence electrons. The van der Waals surface area contributed by atoms with Crippen molar-refractivity contribution in [1.82, 2.24) is 15.5 Å². The normalized spacial score (nSPS) is 20.5. The molecule has 19 heavy (non-hydrogen) atoms. The molecular weight excluding hydrogens is 238 g/mol. The van der Waals surface area contributed by atoms with E-state index >= 15 is 0 Å². The van der Waals surface area contributed by atoms with Crippen molar-refractivity contribution in [3.05, 3.63) is 35.9 Å². The van der Waals surface area contributed by atoms with Gasteiger partial charge in [-0.2, -0.15) is 0 Å². The second-order valence-electron chi connectivity index (χ2n) is 5.38. The van der Waals surface area contributed by atoms with Crippen molar-refractivity contribution in [3.8, 4) is 0 Å². The first-order valence-electron chi connectivity index (χ1n) is 6.90. The Balaban J connectivity index is 2.03. The average molecular weight is 261 g/mol. The summed E-state index contributed by atoms with van der Waals surface area (Å²) in [4.78, 5) is 14.3. The van der Waals surface area contributed by atoms with Gasteiger partial charge in [-0.3, -0.25) is 4.79 Å². The van der Waals surface area contributed by atoms with Crippen LogP contribution in [0.15, 0.2) is 30.3 Å². The lowest BCUT2D eigenvalue weighted by atomic mass is 10.1. The molecule has 1 saturated heterocycles. The topological polar surface area (TPSA) is 44.4 Å². The van der Waals surface area contributed by atoms with Crippen LogP contribution in [-0.2, 0) is 4.79 Å². The van der Waals surface area contributed by atoms with Crippen LogP contribution < -0.4 is 10.6 Å². The Bertz CT molecular complexity index is 399. The van der Waals surface area contributed by atoms with Crippen LogP contribution in [0.3, 0.4) is 0 Å². The molecule has 2 atom stereocenters. The van der Waals surface area contributed by atoms with Gasteiger partial charge in [-0.1, -0.05) is 30.3 Å². The van der Waals surface area contributed by atoms with Gasteiger partial charge in [0.15, 0.2) is 0 Å². The minimum atomic E-state index is -0.0200. The zero-order valence-corrected chi connectivity index (χ0v) is 11.7. The van der Waals surface area contributed by atoms with Crippen molar-refractivity contribution in [2.24, 2.45) is 0 Å². The molecule has 1 aromatic rings. The highest BCUT2D eigenvalue weighted by Crippen LogP contribution is 2.14. The largest absolute Gasteiger partial charge is 0.347 e. The molecule has 2 rings (SSSR count). The molecule has 1 amide bonds. The number of carbonyl (C=O) groups excluding carboxylic acids is 1. The Hall–Kier alpha value is -1.39. The number of nitrogens with zero attached hydrogens (tertiary/aromatic N) is 1. The Kier molecular flexibility index (Phi) is 4.93. The van der Waals surface area contributed by atoms with Crippen LogP contribution >= 0.6 is 0 Å². The van der Waals surface area contributed by atoms with Gasteiger partial charge in [0.1, 0.15) is 0 Å².